The maximum atomic E-state index is 12.3. The van der Waals surface area contributed by atoms with Crippen LogP contribution in [0.4, 0.5) is 5.69 Å². The molecule has 2 aromatic heterocycles. The molecule has 0 radical (unpaired) electrons. The zero-order valence-electron chi connectivity index (χ0n) is 12.6. The summed E-state index contributed by atoms with van der Waals surface area (Å²) in [6, 6.07) is 3.81. The zero-order valence-corrected chi connectivity index (χ0v) is 12.6. The van der Waals surface area contributed by atoms with Crippen LogP contribution in [0, 0.1) is 13.8 Å². The van der Waals surface area contributed by atoms with Crippen LogP contribution < -0.4 is 10.6 Å². The van der Waals surface area contributed by atoms with Gasteiger partial charge in [-0.2, -0.15) is 0 Å². The molecule has 0 bridgehead atoms. The van der Waals surface area contributed by atoms with Gasteiger partial charge >= 0.3 is 0 Å². The number of nitrogens with one attached hydrogen (secondary N) is 2. The highest BCUT2D eigenvalue weighted by molar-refractivity contribution is 5.99. The Morgan fingerprint density at radius 2 is 2.10 bits per heavy atom. The Morgan fingerprint density at radius 1 is 1.29 bits per heavy atom. The maximum Gasteiger partial charge on any atom is 0.255 e. The average Bonchev–Trinajstić information content (AvgIpc) is 2.46. The van der Waals surface area contributed by atoms with Gasteiger partial charge in [0.15, 0.2) is 0 Å². The second kappa shape index (κ2) is 6.83. The standard InChI is InChI=1S/C16H20N4O/c1-4-18-15-7-12(3)19-10-14(15)16(21)20-9-13-8-17-6-5-11(13)2/h5-8,10H,4,9H2,1-3H3,(H,18,19)(H,20,21). The second-order valence-corrected chi connectivity index (χ2v) is 4.89. The molecular formula is C16H20N4O. The summed E-state index contributed by atoms with van der Waals surface area (Å²) in [5.41, 5.74) is 4.37. The highest BCUT2D eigenvalue weighted by Gasteiger charge is 2.12. The van der Waals surface area contributed by atoms with Crippen molar-refractivity contribution in [3.8, 4) is 0 Å². The summed E-state index contributed by atoms with van der Waals surface area (Å²) in [5.74, 6) is -0.137. The third kappa shape index (κ3) is 3.78. The number of amides is 1. The van der Waals surface area contributed by atoms with E-state index >= 15 is 0 Å². The van der Waals surface area contributed by atoms with Gasteiger partial charge in [0, 0.05) is 37.4 Å². The van der Waals surface area contributed by atoms with Gasteiger partial charge in [-0.05, 0) is 44.0 Å². The van der Waals surface area contributed by atoms with Crippen molar-refractivity contribution in [2.75, 3.05) is 11.9 Å². The molecule has 2 aromatic rings. The van der Waals surface area contributed by atoms with E-state index in [9.17, 15) is 4.79 Å². The molecule has 0 aromatic carbocycles. The van der Waals surface area contributed by atoms with E-state index in [2.05, 4.69) is 20.6 Å². The molecule has 0 aliphatic heterocycles. The van der Waals surface area contributed by atoms with Gasteiger partial charge in [0.1, 0.15) is 0 Å². The topological polar surface area (TPSA) is 66.9 Å². The first-order chi connectivity index (χ1) is 10.1. The van der Waals surface area contributed by atoms with Gasteiger partial charge in [-0.1, -0.05) is 0 Å². The summed E-state index contributed by atoms with van der Waals surface area (Å²) in [6.07, 6.45) is 5.13. The van der Waals surface area contributed by atoms with Crippen molar-refractivity contribution >= 4 is 11.6 Å². The Hall–Kier alpha value is -2.43. The third-order valence-corrected chi connectivity index (χ3v) is 3.24. The van der Waals surface area contributed by atoms with E-state index in [1.807, 2.05) is 32.9 Å². The lowest BCUT2D eigenvalue weighted by Gasteiger charge is -2.12. The monoisotopic (exact) mass is 284 g/mol. The summed E-state index contributed by atoms with van der Waals surface area (Å²) in [5, 5.41) is 6.11. The number of hydrogen-bond donors (Lipinski definition) is 2. The van der Waals surface area contributed by atoms with E-state index in [4.69, 9.17) is 0 Å². The number of hydrogen-bond acceptors (Lipinski definition) is 4. The predicted molar refractivity (Wildman–Crippen MR) is 83.3 cm³/mol. The molecule has 0 aliphatic carbocycles. The van der Waals surface area contributed by atoms with Gasteiger partial charge < -0.3 is 10.6 Å². The lowest BCUT2D eigenvalue weighted by molar-refractivity contribution is 0.0951. The van der Waals surface area contributed by atoms with Gasteiger partial charge in [-0.25, -0.2) is 0 Å². The minimum atomic E-state index is -0.137. The van der Waals surface area contributed by atoms with Crippen LogP contribution in [0.3, 0.4) is 0 Å². The fraction of sp³-hybridized carbons (Fsp3) is 0.312. The normalized spacial score (nSPS) is 10.2. The van der Waals surface area contributed by atoms with E-state index in [0.717, 1.165) is 29.1 Å². The number of aromatic nitrogens is 2. The molecule has 0 atom stereocenters. The van der Waals surface area contributed by atoms with Crippen molar-refractivity contribution in [2.45, 2.75) is 27.3 Å². The molecule has 1 amide bonds. The van der Waals surface area contributed by atoms with Gasteiger partial charge in [-0.3, -0.25) is 14.8 Å². The molecule has 2 N–H and O–H groups in total. The summed E-state index contributed by atoms with van der Waals surface area (Å²) in [7, 11) is 0. The van der Waals surface area contributed by atoms with Crippen LogP contribution in [0.2, 0.25) is 0 Å². The van der Waals surface area contributed by atoms with Crippen LogP contribution in [-0.4, -0.2) is 22.4 Å². The van der Waals surface area contributed by atoms with Crippen LogP contribution in [-0.2, 0) is 6.54 Å². The fourth-order valence-corrected chi connectivity index (χ4v) is 2.03. The molecule has 0 fully saturated rings. The predicted octanol–water partition coefficient (Wildman–Crippen LogP) is 2.46. The zero-order chi connectivity index (χ0) is 15.2. The summed E-state index contributed by atoms with van der Waals surface area (Å²) >= 11 is 0. The Balaban J connectivity index is 2.12. The van der Waals surface area contributed by atoms with Crippen LogP contribution >= 0.6 is 0 Å². The van der Waals surface area contributed by atoms with E-state index in [1.54, 1.807) is 18.6 Å². The van der Waals surface area contributed by atoms with Gasteiger partial charge in [0.2, 0.25) is 0 Å². The molecule has 2 heterocycles. The number of aryl methyl sites for hydroxylation is 2. The van der Waals surface area contributed by atoms with Crippen LogP contribution in [0.15, 0.2) is 30.7 Å². The molecule has 21 heavy (non-hydrogen) atoms. The van der Waals surface area contributed by atoms with Crippen molar-refractivity contribution in [1.29, 1.82) is 0 Å². The lowest BCUT2D eigenvalue weighted by atomic mass is 10.1. The van der Waals surface area contributed by atoms with E-state index in [-0.39, 0.29) is 5.91 Å². The lowest BCUT2D eigenvalue weighted by Crippen LogP contribution is -2.24. The first kappa shape index (κ1) is 15.0. The minimum Gasteiger partial charge on any atom is -0.385 e. The summed E-state index contributed by atoms with van der Waals surface area (Å²) in [4.78, 5) is 20.6. The van der Waals surface area contributed by atoms with Gasteiger partial charge in [0.05, 0.1) is 11.3 Å². The molecule has 5 heteroatoms. The molecule has 2 rings (SSSR count). The SMILES string of the molecule is CCNc1cc(C)ncc1C(=O)NCc1cnccc1C. The Kier molecular flexibility index (Phi) is 4.87. The molecule has 0 spiro atoms. The smallest absolute Gasteiger partial charge is 0.255 e. The van der Waals surface area contributed by atoms with Crippen molar-refractivity contribution < 1.29 is 4.79 Å². The number of anilines is 1. The number of nitrogens with zero attached hydrogens (tertiary/aromatic N) is 2. The first-order valence-electron chi connectivity index (χ1n) is 7.00. The number of carbonyl (C=O) groups excluding carboxylic acids is 1. The maximum absolute atomic E-state index is 12.3. The molecule has 0 unspecified atom stereocenters. The Morgan fingerprint density at radius 3 is 2.81 bits per heavy atom. The molecule has 0 saturated heterocycles. The molecule has 0 aliphatic rings. The van der Waals surface area contributed by atoms with E-state index in [0.29, 0.717) is 12.1 Å². The molecule has 5 nitrogen and oxygen atoms in total. The van der Waals surface area contributed by atoms with E-state index in [1.165, 1.54) is 0 Å². The highest BCUT2D eigenvalue weighted by Crippen LogP contribution is 2.15. The van der Waals surface area contributed by atoms with Crippen molar-refractivity contribution in [2.24, 2.45) is 0 Å². The molecular weight excluding hydrogens is 264 g/mol. The largest absolute Gasteiger partial charge is 0.385 e. The molecule has 110 valence electrons. The Bertz CT molecular complexity index is 640. The highest BCUT2D eigenvalue weighted by atomic mass is 16.1. The van der Waals surface area contributed by atoms with Crippen LogP contribution in [0.5, 0.6) is 0 Å². The summed E-state index contributed by atoms with van der Waals surface area (Å²) in [6.45, 7) is 7.11. The number of rotatable bonds is 5. The molecule has 0 saturated carbocycles. The first-order valence-corrected chi connectivity index (χ1v) is 7.00. The third-order valence-electron chi connectivity index (χ3n) is 3.24. The van der Waals surface area contributed by atoms with Gasteiger partial charge in [-0.15, -0.1) is 0 Å². The minimum absolute atomic E-state index is 0.137. The van der Waals surface area contributed by atoms with E-state index < -0.39 is 0 Å². The Labute approximate surface area is 124 Å². The van der Waals surface area contributed by atoms with Crippen molar-refractivity contribution in [1.82, 2.24) is 15.3 Å². The van der Waals surface area contributed by atoms with Crippen LogP contribution in [0.25, 0.3) is 0 Å². The van der Waals surface area contributed by atoms with Gasteiger partial charge in [0.25, 0.3) is 5.91 Å². The number of pyridine rings is 2. The van der Waals surface area contributed by atoms with Crippen LogP contribution in [0.1, 0.15) is 34.1 Å². The average molecular weight is 284 g/mol. The fourth-order valence-electron chi connectivity index (χ4n) is 2.03. The number of carbonyl (C=O) groups is 1. The summed E-state index contributed by atoms with van der Waals surface area (Å²) < 4.78 is 0. The second-order valence-electron chi connectivity index (χ2n) is 4.89. The van der Waals surface area contributed by atoms with Crippen molar-refractivity contribution in [3.05, 3.63) is 53.1 Å². The van der Waals surface area contributed by atoms with Crippen molar-refractivity contribution in [3.63, 3.8) is 0 Å². The quantitative estimate of drug-likeness (QED) is 0.885.